The smallest absolute Gasteiger partial charge is 0.339 e. The number of carbonyl (C=O) groups excluding carboxylic acids is 1. The zero-order valence-corrected chi connectivity index (χ0v) is 10.4. The summed E-state index contributed by atoms with van der Waals surface area (Å²) in [6, 6.07) is 5.24. The number of rotatable bonds is 6. The average molecular weight is 274 g/mol. The molecule has 0 aromatic heterocycles. The highest BCUT2D eigenvalue weighted by molar-refractivity contribution is 7.51. The number of phenols is 1. The average Bonchev–Trinajstić information content (AvgIpc) is 2.25. The fraction of sp³-hybridized carbons (Fsp3) is 0.300. The van der Waals surface area contributed by atoms with Crippen LogP contribution in [0.4, 0.5) is 0 Å². The van der Waals surface area contributed by atoms with Gasteiger partial charge in [0.05, 0.1) is 12.3 Å². The van der Waals surface area contributed by atoms with Gasteiger partial charge in [-0.1, -0.05) is 12.1 Å². The third-order valence-electron chi connectivity index (χ3n) is 2.26. The predicted molar refractivity (Wildman–Crippen MR) is 64.8 cm³/mol. The number of nitrogens with two attached hydrogens (primary N) is 1. The van der Waals surface area contributed by atoms with Crippen LogP contribution in [0.1, 0.15) is 5.56 Å². The predicted octanol–water partition coefficient (Wildman–Crippen LogP) is -0.487. The first-order chi connectivity index (χ1) is 8.28. The van der Waals surface area contributed by atoms with Crippen molar-refractivity contribution in [2.45, 2.75) is 12.5 Å². The molecule has 0 spiro atoms. The third kappa shape index (κ3) is 5.29. The molecule has 8 heteroatoms. The summed E-state index contributed by atoms with van der Waals surface area (Å²) < 4.78 is 10.7. The molecule has 1 aromatic carbocycles. The first-order valence-electron chi connectivity index (χ1n) is 5.13. The molecule has 0 saturated carbocycles. The second-order valence-corrected chi connectivity index (χ2v) is 5.50. The van der Waals surface area contributed by atoms with Gasteiger partial charge in [0.2, 0.25) is 5.91 Å². The van der Waals surface area contributed by atoms with Crippen LogP contribution < -0.4 is 11.1 Å². The molecule has 0 radical (unpaired) electrons. The molecule has 0 aliphatic carbocycles. The first-order valence-corrected chi connectivity index (χ1v) is 6.93. The quantitative estimate of drug-likeness (QED) is 0.445. The van der Waals surface area contributed by atoms with E-state index in [0.29, 0.717) is 0 Å². The second-order valence-electron chi connectivity index (χ2n) is 3.85. The monoisotopic (exact) mass is 274 g/mol. The van der Waals surface area contributed by atoms with Crippen molar-refractivity contribution in [3.63, 3.8) is 0 Å². The van der Waals surface area contributed by atoms with E-state index in [1.807, 2.05) is 0 Å². The zero-order chi connectivity index (χ0) is 13.8. The van der Waals surface area contributed by atoms with Gasteiger partial charge < -0.3 is 20.6 Å². The molecule has 1 aromatic rings. The van der Waals surface area contributed by atoms with Crippen molar-refractivity contribution < 1.29 is 24.3 Å². The molecule has 0 aliphatic rings. The van der Waals surface area contributed by atoms with Crippen molar-refractivity contribution in [2.75, 3.05) is 6.29 Å². The number of primary amides is 1. The van der Waals surface area contributed by atoms with E-state index in [0.717, 1.165) is 5.56 Å². The fourth-order valence-corrected chi connectivity index (χ4v) is 1.83. The van der Waals surface area contributed by atoms with Crippen molar-refractivity contribution in [3.05, 3.63) is 29.8 Å². The maximum atomic E-state index is 11.1. The number of nitrogens with one attached hydrogen (secondary N) is 1. The first kappa shape index (κ1) is 14.7. The minimum Gasteiger partial charge on any atom is -0.508 e. The van der Waals surface area contributed by atoms with Crippen LogP contribution in [0, 0.1) is 0 Å². The van der Waals surface area contributed by atoms with E-state index >= 15 is 0 Å². The molecule has 1 rings (SSSR count). The number of amides is 1. The Balaban J connectivity index is 2.66. The van der Waals surface area contributed by atoms with Crippen LogP contribution >= 0.6 is 7.60 Å². The van der Waals surface area contributed by atoms with Gasteiger partial charge >= 0.3 is 7.60 Å². The largest absolute Gasteiger partial charge is 0.508 e. The number of aromatic hydroxyl groups is 1. The van der Waals surface area contributed by atoms with E-state index in [9.17, 15) is 9.36 Å². The van der Waals surface area contributed by atoms with Crippen LogP contribution in [-0.4, -0.2) is 33.1 Å². The van der Waals surface area contributed by atoms with E-state index in [4.69, 9.17) is 20.6 Å². The maximum absolute atomic E-state index is 11.1. The van der Waals surface area contributed by atoms with Crippen LogP contribution in [0.2, 0.25) is 0 Å². The summed E-state index contributed by atoms with van der Waals surface area (Å²) in [5.74, 6) is -0.603. The Hall–Kier alpha value is -1.40. The Bertz CT molecular complexity index is 456. The van der Waals surface area contributed by atoms with Crippen LogP contribution in [0.15, 0.2) is 24.3 Å². The van der Waals surface area contributed by atoms with Gasteiger partial charge in [-0.2, -0.15) is 0 Å². The van der Waals surface area contributed by atoms with E-state index in [-0.39, 0.29) is 12.2 Å². The highest BCUT2D eigenvalue weighted by Gasteiger charge is 2.20. The molecular weight excluding hydrogens is 259 g/mol. The summed E-state index contributed by atoms with van der Waals surface area (Å²) in [6.07, 6.45) is -0.422. The molecule has 0 fully saturated rings. The molecule has 0 saturated heterocycles. The zero-order valence-electron chi connectivity index (χ0n) is 9.48. The lowest BCUT2D eigenvalue weighted by Gasteiger charge is -2.16. The van der Waals surface area contributed by atoms with Gasteiger partial charge in [0.1, 0.15) is 5.75 Å². The number of hydrogen-bond acceptors (Lipinski definition) is 4. The van der Waals surface area contributed by atoms with Gasteiger partial charge in [0, 0.05) is 0 Å². The third-order valence-corrected chi connectivity index (χ3v) is 2.86. The van der Waals surface area contributed by atoms with Crippen LogP contribution in [0.25, 0.3) is 0 Å². The van der Waals surface area contributed by atoms with Gasteiger partial charge in [-0.25, -0.2) is 0 Å². The Morgan fingerprint density at radius 1 is 1.33 bits per heavy atom. The highest BCUT2D eigenvalue weighted by Crippen LogP contribution is 2.32. The fourth-order valence-electron chi connectivity index (χ4n) is 1.37. The maximum Gasteiger partial charge on any atom is 0.339 e. The molecule has 100 valence electrons. The Morgan fingerprint density at radius 2 is 1.89 bits per heavy atom. The summed E-state index contributed by atoms with van der Waals surface area (Å²) in [4.78, 5) is 28.6. The van der Waals surface area contributed by atoms with Gasteiger partial charge in [-0.05, 0) is 24.1 Å². The van der Waals surface area contributed by atoms with Crippen molar-refractivity contribution in [2.24, 2.45) is 5.73 Å². The van der Waals surface area contributed by atoms with Crippen LogP contribution in [-0.2, 0) is 15.8 Å². The molecule has 6 N–H and O–H groups in total. The SMILES string of the molecule is NC(=O)C(Cc1ccc(O)cc1)NCP(=O)(O)O. The summed E-state index contributed by atoms with van der Waals surface area (Å²) in [6.45, 7) is 0. The van der Waals surface area contributed by atoms with Crippen molar-refractivity contribution in [1.82, 2.24) is 5.32 Å². The molecule has 0 heterocycles. The molecule has 7 nitrogen and oxygen atoms in total. The molecule has 1 unspecified atom stereocenters. The molecule has 1 atom stereocenters. The van der Waals surface area contributed by atoms with Gasteiger partial charge in [-0.3, -0.25) is 14.7 Å². The number of benzene rings is 1. The molecule has 0 bridgehead atoms. The minimum atomic E-state index is -4.23. The van der Waals surface area contributed by atoms with E-state index in [1.54, 1.807) is 12.1 Å². The Morgan fingerprint density at radius 3 is 2.33 bits per heavy atom. The molecule has 18 heavy (non-hydrogen) atoms. The van der Waals surface area contributed by atoms with Crippen LogP contribution in [0.3, 0.4) is 0 Å². The van der Waals surface area contributed by atoms with Crippen molar-refractivity contribution in [1.29, 1.82) is 0 Å². The van der Waals surface area contributed by atoms with Gasteiger partial charge in [0.25, 0.3) is 0 Å². The van der Waals surface area contributed by atoms with E-state index in [2.05, 4.69) is 5.32 Å². The van der Waals surface area contributed by atoms with Crippen LogP contribution in [0.5, 0.6) is 5.75 Å². The Kier molecular flexibility index (Phi) is 4.86. The number of carbonyl (C=O) groups is 1. The van der Waals surface area contributed by atoms with E-state index in [1.165, 1.54) is 12.1 Å². The normalized spacial score (nSPS) is 13.2. The summed E-state index contributed by atoms with van der Waals surface area (Å²) in [5, 5.41) is 11.5. The van der Waals surface area contributed by atoms with Gasteiger partial charge in [0.15, 0.2) is 0 Å². The topological polar surface area (TPSA) is 133 Å². The lowest BCUT2D eigenvalue weighted by molar-refractivity contribution is -0.119. The van der Waals surface area contributed by atoms with Gasteiger partial charge in [-0.15, -0.1) is 0 Å². The minimum absolute atomic E-state index is 0.0950. The summed E-state index contributed by atoms with van der Waals surface area (Å²) in [7, 11) is -4.23. The molecule has 0 aliphatic heterocycles. The summed E-state index contributed by atoms with van der Waals surface area (Å²) >= 11 is 0. The van der Waals surface area contributed by atoms with Crippen molar-refractivity contribution in [3.8, 4) is 5.75 Å². The molecular formula is C10H15N2O5P. The van der Waals surface area contributed by atoms with Crippen molar-refractivity contribution >= 4 is 13.5 Å². The second kappa shape index (κ2) is 5.97. The molecule has 1 amide bonds. The standard InChI is InChI=1S/C10H15N2O5P/c11-10(14)9(12-6-18(15,16)17)5-7-1-3-8(13)4-2-7/h1-4,9,12-13H,5-6H2,(H2,11,14)(H2,15,16,17). The lowest BCUT2D eigenvalue weighted by atomic mass is 10.1. The lowest BCUT2D eigenvalue weighted by Crippen LogP contribution is -2.43. The highest BCUT2D eigenvalue weighted by atomic mass is 31.2. The Labute approximate surface area is 104 Å². The van der Waals surface area contributed by atoms with E-state index < -0.39 is 25.8 Å². The number of phenolic OH excluding ortho intramolecular Hbond substituents is 1. The number of hydrogen-bond donors (Lipinski definition) is 5. The summed E-state index contributed by atoms with van der Waals surface area (Å²) in [5.41, 5.74) is 5.86.